The van der Waals surface area contributed by atoms with Crippen molar-refractivity contribution in [1.29, 1.82) is 5.41 Å². The summed E-state index contributed by atoms with van der Waals surface area (Å²) in [6.07, 6.45) is 2.71. The van der Waals surface area contributed by atoms with Crippen LogP contribution in [0.15, 0.2) is 48.5 Å². The van der Waals surface area contributed by atoms with Crippen molar-refractivity contribution >= 4 is 30.3 Å². The average molecular weight is 378 g/mol. The van der Waals surface area contributed by atoms with Gasteiger partial charge in [0.1, 0.15) is 5.71 Å². The van der Waals surface area contributed by atoms with Gasteiger partial charge in [-0.15, -0.1) is 0 Å². The molecule has 0 fully saturated rings. The van der Waals surface area contributed by atoms with Crippen LogP contribution in [0.25, 0.3) is 0 Å². The normalized spacial score (nSPS) is 11.4. The van der Waals surface area contributed by atoms with E-state index in [1.807, 2.05) is 36.4 Å². The third-order valence-electron chi connectivity index (χ3n) is 4.76. The van der Waals surface area contributed by atoms with Crippen molar-refractivity contribution < 1.29 is 14.3 Å². The molecule has 0 spiro atoms. The molecule has 0 aromatic heterocycles. The summed E-state index contributed by atoms with van der Waals surface area (Å²) in [6.45, 7) is 4.16. The zero-order chi connectivity index (χ0) is 20.5. The summed E-state index contributed by atoms with van der Waals surface area (Å²) < 4.78 is 4.73. The van der Waals surface area contributed by atoms with Crippen molar-refractivity contribution in [2.24, 2.45) is 0 Å². The minimum absolute atomic E-state index is 0.0460. The molecule has 6 heteroatoms. The van der Waals surface area contributed by atoms with Gasteiger partial charge < -0.3 is 10.1 Å². The van der Waals surface area contributed by atoms with E-state index in [1.165, 1.54) is 12.6 Å². The summed E-state index contributed by atoms with van der Waals surface area (Å²) in [5, 5.41) is 11.2. The van der Waals surface area contributed by atoms with Gasteiger partial charge in [0, 0.05) is 5.56 Å². The van der Waals surface area contributed by atoms with E-state index in [-0.39, 0.29) is 11.8 Å². The van der Waals surface area contributed by atoms with E-state index < -0.39 is 11.9 Å². The van der Waals surface area contributed by atoms with E-state index in [4.69, 9.17) is 10.1 Å². The number of carbonyl (C=O) groups is 2. The molecule has 146 valence electrons. The Hall–Kier alpha value is -2.89. The Kier molecular flexibility index (Phi) is 7.99. The standard InChI is InChI=1S/C22H27BN2O3/c1-4-5-6-19(15-7-9-17(10-8-15)22(27)28-3)25-21(26)20(24)16-11-13-18(23-2)14-12-16/h7-14,19,23-24H,4-6H2,1-3H3,(H,25,26)/t19-/m1/s1. The lowest BCUT2D eigenvalue weighted by Crippen LogP contribution is -2.34. The maximum absolute atomic E-state index is 12.7. The maximum Gasteiger partial charge on any atom is 0.337 e. The Labute approximate surface area is 167 Å². The summed E-state index contributed by atoms with van der Waals surface area (Å²) in [4.78, 5) is 24.3. The zero-order valence-electron chi connectivity index (χ0n) is 16.7. The average Bonchev–Trinajstić information content (AvgIpc) is 2.75. The van der Waals surface area contributed by atoms with E-state index in [1.54, 1.807) is 12.1 Å². The number of benzene rings is 2. The molecule has 2 aromatic carbocycles. The molecule has 0 radical (unpaired) electrons. The molecule has 0 saturated carbocycles. The third kappa shape index (κ3) is 5.55. The van der Waals surface area contributed by atoms with Crippen molar-refractivity contribution in [2.75, 3.05) is 7.11 Å². The molecule has 0 aliphatic rings. The highest BCUT2D eigenvalue weighted by atomic mass is 16.5. The second-order valence-electron chi connectivity index (χ2n) is 6.71. The number of nitrogens with one attached hydrogen (secondary N) is 2. The minimum atomic E-state index is -0.401. The van der Waals surface area contributed by atoms with E-state index in [9.17, 15) is 9.59 Å². The minimum Gasteiger partial charge on any atom is -0.465 e. The Morgan fingerprint density at radius 1 is 1.07 bits per heavy atom. The molecule has 2 rings (SSSR count). The van der Waals surface area contributed by atoms with Crippen LogP contribution in [0.1, 0.15) is 53.7 Å². The van der Waals surface area contributed by atoms with Crippen molar-refractivity contribution in [3.05, 3.63) is 65.2 Å². The van der Waals surface area contributed by atoms with E-state index in [2.05, 4.69) is 19.1 Å². The van der Waals surface area contributed by atoms with Crippen molar-refractivity contribution in [1.82, 2.24) is 5.32 Å². The van der Waals surface area contributed by atoms with Crippen molar-refractivity contribution in [3.8, 4) is 0 Å². The lowest BCUT2D eigenvalue weighted by molar-refractivity contribution is -0.115. The van der Waals surface area contributed by atoms with Crippen molar-refractivity contribution in [3.63, 3.8) is 0 Å². The highest BCUT2D eigenvalue weighted by Crippen LogP contribution is 2.21. The third-order valence-corrected chi connectivity index (χ3v) is 4.76. The van der Waals surface area contributed by atoms with Gasteiger partial charge in [0.2, 0.25) is 0 Å². The summed E-state index contributed by atoms with van der Waals surface area (Å²) in [5.41, 5.74) is 3.10. The summed E-state index contributed by atoms with van der Waals surface area (Å²) >= 11 is 0. The molecule has 28 heavy (non-hydrogen) atoms. The Morgan fingerprint density at radius 3 is 2.21 bits per heavy atom. The van der Waals surface area contributed by atoms with Crippen LogP contribution >= 0.6 is 0 Å². The van der Waals surface area contributed by atoms with Gasteiger partial charge in [0.25, 0.3) is 5.91 Å². The molecule has 0 heterocycles. The first-order valence-electron chi connectivity index (χ1n) is 9.67. The SMILES string of the molecule is CBc1ccc(C(=N)C(=O)N[C@H](CCCC)c2ccc(C(=O)OC)cc2)cc1. The molecule has 2 aromatic rings. The molecule has 5 nitrogen and oxygen atoms in total. The predicted octanol–water partition coefficient (Wildman–Crippen LogP) is 3.00. The second-order valence-corrected chi connectivity index (χ2v) is 6.71. The van der Waals surface area contributed by atoms with Crippen LogP contribution < -0.4 is 10.8 Å². The first-order chi connectivity index (χ1) is 13.5. The van der Waals surface area contributed by atoms with Crippen LogP contribution in [0.2, 0.25) is 6.82 Å². The molecular formula is C22H27BN2O3. The first kappa shape index (κ1) is 21.4. The number of ether oxygens (including phenoxy) is 1. The molecule has 0 unspecified atom stereocenters. The summed E-state index contributed by atoms with van der Waals surface area (Å²) in [7, 11) is 2.26. The molecule has 1 amide bonds. The molecular weight excluding hydrogens is 351 g/mol. The fourth-order valence-electron chi connectivity index (χ4n) is 2.97. The van der Waals surface area contributed by atoms with E-state index in [0.717, 1.165) is 32.1 Å². The Balaban J connectivity index is 2.14. The van der Waals surface area contributed by atoms with Gasteiger partial charge in [-0.05, 0) is 24.1 Å². The van der Waals surface area contributed by atoms with Crippen LogP contribution in [0.5, 0.6) is 0 Å². The van der Waals surface area contributed by atoms with Gasteiger partial charge in [-0.1, -0.05) is 68.4 Å². The Morgan fingerprint density at radius 2 is 1.68 bits per heavy atom. The lowest BCUT2D eigenvalue weighted by Gasteiger charge is -2.20. The van der Waals surface area contributed by atoms with Gasteiger partial charge in [-0.3, -0.25) is 10.2 Å². The lowest BCUT2D eigenvalue weighted by atomic mass is 9.73. The summed E-state index contributed by atoms with van der Waals surface area (Å²) in [6, 6.07) is 14.3. The summed E-state index contributed by atoms with van der Waals surface area (Å²) in [5.74, 6) is -0.791. The number of hydrogen-bond donors (Lipinski definition) is 2. The zero-order valence-corrected chi connectivity index (χ0v) is 16.7. The van der Waals surface area contributed by atoms with Crippen LogP contribution in [-0.4, -0.2) is 32.0 Å². The van der Waals surface area contributed by atoms with Crippen molar-refractivity contribution in [2.45, 2.75) is 39.1 Å². The van der Waals surface area contributed by atoms with Crippen LogP contribution in [0.4, 0.5) is 0 Å². The first-order valence-corrected chi connectivity index (χ1v) is 9.67. The van der Waals surface area contributed by atoms with E-state index in [0.29, 0.717) is 11.1 Å². The van der Waals surface area contributed by atoms with Gasteiger partial charge >= 0.3 is 5.97 Å². The van der Waals surface area contributed by atoms with E-state index >= 15 is 0 Å². The fourth-order valence-corrected chi connectivity index (χ4v) is 2.97. The topological polar surface area (TPSA) is 79.3 Å². The number of rotatable bonds is 9. The quantitative estimate of drug-likeness (QED) is 0.400. The molecule has 0 saturated heterocycles. The highest BCUT2D eigenvalue weighted by Gasteiger charge is 2.19. The Bertz CT molecular complexity index is 817. The second kappa shape index (κ2) is 10.4. The number of esters is 1. The largest absolute Gasteiger partial charge is 0.465 e. The fraction of sp³-hybridized carbons (Fsp3) is 0.318. The van der Waals surface area contributed by atoms with Crippen LogP contribution in [0, 0.1) is 5.41 Å². The highest BCUT2D eigenvalue weighted by molar-refractivity contribution is 6.52. The number of methoxy groups -OCH3 is 1. The van der Waals surface area contributed by atoms with Gasteiger partial charge in [0.15, 0.2) is 7.28 Å². The molecule has 1 atom stereocenters. The monoisotopic (exact) mass is 378 g/mol. The maximum atomic E-state index is 12.7. The molecule has 2 N–H and O–H groups in total. The van der Waals surface area contributed by atoms with Gasteiger partial charge in [0.05, 0.1) is 18.7 Å². The van der Waals surface area contributed by atoms with Crippen LogP contribution in [0.3, 0.4) is 0 Å². The molecule has 0 aliphatic heterocycles. The predicted molar refractivity (Wildman–Crippen MR) is 114 cm³/mol. The molecule has 0 bridgehead atoms. The number of carbonyl (C=O) groups excluding carboxylic acids is 2. The molecule has 0 aliphatic carbocycles. The number of hydrogen-bond acceptors (Lipinski definition) is 4. The smallest absolute Gasteiger partial charge is 0.337 e. The van der Waals surface area contributed by atoms with Gasteiger partial charge in [-0.2, -0.15) is 0 Å². The number of amides is 1. The number of unbranched alkanes of at least 4 members (excludes halogenated alkanes) is 1. The van der Waals surface area contributed by atoms with Crippen LogP contribution in [-0.2, 0) is 9.53 Å². The van der Waals surface area contributed by atoms with Gasteiger partial charge in [-0.25, -0.2) is 4.79 Å².